The van der Waals surface area contributed by atoms with E-state index in [1.807, 2.05) is 0 Å². The van der Waals surface area contributed by atoms with Crippen LogP contribution in [-0.4, -0.2) is 15.9 Å². The minimum Gasteiger partial charge on any atom is -0.311 e. The molecule has 0 radical (unpaired) electrons. The predicted octanol–water partition coefficient (Wildman–Crippen LogP) is 3.43. The summed E-state index contributed by atoms with van der Waals surface area (Å²) in [7, 11) is 0. The number of nitrogens with one attached hydrogen (secondary N) is 1. The highest BCUT2D eigenvalue weighted by molar-refractivity contribution is 6.29. The Morgan fingerprint density at radius 1 is 1.28 bits per heavy atom. The highest BCUT2D eigenvalue weighted by Gasteiger charge is 2.16. The fourth-order valence-corrected chi connectivity index (χ4v) is 2.57. The van der Waals surface area contributed by atoms with Crippen LogP contribution in [0.2, 0.25) is 5.15 Å². The van der Waals surface area contributed by atoms with Crippen molar-refractivity contribution < 1.29 is 4.79 Å². The fourth-order valence-electron chi connectivity index (χ4n) is 2.43. The number of nitrogens with zero attached hydrogens (tertiary/aromatic N) is 2. The molecule has 0 aliphatic heterocycles. The van der Waals surface area contributed by atoms with Crippen LogP contribution in [0.15, 0.2) is 12.4 Å². The standard InChI is InChI=1S/C13H18ClN3O/c14-11-8-12(16-9-15-11)17-13(18)7-10-5-3-1-2-4-6-10/h8-10H,1-7H2,(H,15,16,17,18). The zero-order valence-electron chi connectivity index (χ0n) is 10.4. The van der Waals surface area contributed by atoms with Gasteiger partial charge in [0.2, 0.25) is 5.91 Å². The number of hydrogen-bond donors (Lipinski definition) is 1. The molecule has 1 heterocycles. The Morgan fingerprint density at radius 2 is 2.00 bits per heavy atom. The summed E-state index contributed by atoms with van der Waals surface area (Å²) in [5, 5.41) is 3.12. The fraction of sp³-hybridized carbons (Fsp3) is 0.615. The summed E-state index contributed by atoms with van der Waals surface area (Å²) in [5.41, 5.74) is 0. The molecule has 0 spiro atoms. The van der Waals surface area contributed by atoms with E-state index in [1.165, 1.54) is 32.0 Å². The van der Waals surface area contributed by atoms with Gasteiger partial charge >= 0.3 is 0 Å². The van der Waals surface area contributed by atoms with E-state index in [9.17, 15) is 4.79 Å². The van der Waals surface area contributed by atoms with Crippen molar-refractivity contribution in [2.24, 2.45) is 5.92 Å². The van der Waals surface area contributed by atoms with E-state index in [1.54, 1.807) is 6.07 Å². The summed E-state index contributed by atoms with van der Waals surface area (Å²) >= 11 is 5.74. The molecule has 0 aromatic carbocycles. The average molecular weight is 268 g/mol. The largest absolute Gasteiger partial charge is 0.311 e. The predicted molar refractivity (Wildman–Crippen MR) is 71.5 cm³/mol. The third-order valence-corrected chi connectivity index (χ3v) is 3.56. The summed E-state index contributed by atoms with van der Waals surface area (Å²) in [6.45, 7) is 0. The van der Waals surface area contributed by atoms with E-state index in [0.29, 0.717) is 23.3 Å². The lowest BCUT2D eigenvalue weighted by molar-refractivity contribution is -0.117. The Morgan fingerprint density at radius 3 is 2.67 bits per heavy atom. The second kappa shape index (κ2) is 6.69. The van der Waals surface area contributed by atoms with Crippen LogP contribution in [0.3, 0.4) is 0 Å². The van der Waals surface area contributed by atoms with Gasteiger partial charge in [-0.1, -0.05) is 37.3 Å². The van der Waals surface area contributed by atoms with Crippen molar-refractivity contribution in [3.05, 3.63) is 17.5 Å². The number of anilines is 1. The van der Waals surface area contributed by atoms with Crippen LogP contribution in [0.1, 0.15) is 44.9 Å². The number of hydrogen-bond acceptors (Lipinski definition) is 3. The van der Waals surface area contributed by atoms with Crippen LogP contribution < -0.4 is 5.32 Å². The number of rotatable bonds is 3. The van der Waals surface area contributed by atoms with Crippen molar-refractivity contribution in [3.8, 4) is 0 Å². The van der Waals surface area contributed by atoms with Crippen molar-refractivity contribution in [2.75, 3.05) is 5.32 Å². The minimum atomic E-state index is 0.0247. The van der Waals surface area contributed by atoms with Gasteiger partial charge in [0.05, 0.1) is 0 Å². The number of carbonyl (C=O) groups is 1. The van der Waals surface area contributed by atoms with E-state index in [-0.39, 0.29) is 5.91 Å². The average Bonchev–Trinajstić information content (AvgIpc) is 2.57. The minimum absolute atomic E-state index is 0.0247. The number of amides is 1. The van der Waals surface area contributed by atoms with E-state index in [2.05, 4.69) is 15.3 Å². The van der Waals surface area contributed by atoms with Gasteiger partial charge in [-0.15, -0.1) is 0 Å². The Kier molecular flexibility index (Phi) is 4.93. The van der Waals surface area contributed by atoms with Crippen LogP contribution >= 0.6 is 11.6 Å². The van der Waals surface area contributed by atoms with Gasteiger partial charge in [-0.25, -0.2) is 9.97 Å². The molecule has 0 atom stereocenters. The second-order valence-electron chi connectivity index (χ2n) is 4.84. The van der Waals surface area contributed by atoms with Gasteiger partial charge < -0.3 is 5.32 Å². The SMILES string of the molecule is O=C(CC1CCCCCC1)Nc1cc(Cl)ncn1. The normalized spacial score (nSPS) is 17.2. The van der Waals surface area contributed by atoms with Crippen LogP contribution in [0.25, 0.3) is 0 Å². The zero-order valence-corrected chi connectivity index (χ0v) is 11.1. The van der Waals surface area contributed by atoms with Gasteiger partial charge in [0, 0.05) is 12.5 Å². The lowest BCUT2D eigenvalue weighted by Gasteiger charge is -2.13. The van der Waals surface area contributed by atoms with E-state index in [0.717, 1.165) is 12.8 Å². The topological polar surface area (TPSA) is 54.9 Å². The number of aromatic nitrogens is 2. The Labute approximate surface area is 112 Å². The lowest BCUT2D eigenvalue weighted by Crippen LogP contribution is -2.17. The summed E-state index contributed by atoms with van der Waals surface area (Å²) in [6, 6.07) is 1.56. The molecule has 1 N–H and O–H groups in total. The maximum absolute atomic E-state index is 11.9. The summed E-state index contributed by atoms with van der Waals surface area (Å²) in [6.07, 6.45) is 9.37. The Balaban J connectivity index is 1.84. The van der Waals surface area contributed by atoms with Crippen molar-refractivity contribution in [1.82, 2.24) is 9.97 Å². The first-order chi connectivity index (χ1) is 8.74. The highest BCUT2D eigenvalue weighted by atomic mass is 35.5. The summed E-state index contributed by atoms with van der Waals surface area (Å²) in [4.78, 5) is 19.6. The monoisotopic (exact) mass is 267 g/mol. The van der Waals surface area contributed by atoms with Gasteiger partial charge in [-0.05, 0) is 18.8 Å². The quantitative estimate of drug-likeness (QED) is 0.674. The van der Waals surface area contributed by atoms with Crippen LogP contribution in [0.5, 0.6) is 0 Å². The molecule has 1 saturated carbocycles. The molecule has 0 bridgehead atoms. The second-order valence-corrected chi connectivity index (χ2v) is 5.22. The molecule has 1 aromatic rings. The zero-order chi connectivity index (χ0) is 12.8. The van der Waals surface area contributed by atoms with Crippen LogP contribution in [0.4, 0.5) is 5.82 Å². The van der Waals surface area contributed by atoms with E-state index in [4.69, 9.17) is 11.6 Å². The Bertz CT molecular complexity index is 403. The third kappa shape index (κ3) is 4.26. The molecule has 2 rings (SSSR count). The van der Waals surface area contributed by atoms with Crippen molar-refractivity contribution in [1.29, 1.82) is 0 Å². The highest BCUT2D eigenvalue weighted by Crippen LogP contribution is 2.25. The molecule has 5 heteroatoms. The summed E-state index contributed by atoms with van der Waals surface area (Å²) in [5.74, 6) is 1.02. The van der Waals surface area contributed by atoms with Gasteiger partial charge in [0.25, 0.3) is 0 Å². The summed E-state index contributed by atoms with van der Waals surface area (Å²) < 4.78 is 0. The molecule has 1 aromatic heterocycles. The van der Waals surface area contributed by atoms with Gasteiger partial charge in [-0.3, -0.25) is 4.79 Å². The smallest absolute Gasteiger partial charge is 0.225 e. The molecular formula is C13H18ClN3O. The van der Waals surface area contributed by atoms with Crippen molar-refractivity contribution in [2.45, 2.75) is 44.9 Å². The maximum atomic E-state index is 11.9. The van der Waals surface area contributed by atoms with Crippen molar-refractivity contribution in [3.63, 3.8) is 0 Å². The molecule has 98 valence electrons. The number of carbonyl (C=O) groups excluding carboxylic acids is 1. The van der Waals surface area contributed by atoms with Crippen molar-refractivity contribution >= 4 is 23.3 Å². The molecule has 1 amide bonds. The molecule has 4 nitrogen and oxygen atoms in total. The first kappa shape index (κ1) is 13.3. The first-order valence-electron chi connectivity index (χ1n) is 6.51. The van der Waals surface area contributed by atoms with E-state index >= 15 is 0 Å². The molecular weight excluding hydrogens is 250 g/mol. The molecule has 0 unspecified atom stereocenters. The van der Waals surface area contributed by atoms with Crippen LogP contribution in [0, 0.1) is 5.92 Å². The molecule has 1 fully saturated rings. The molecule has 0 saturated heterocycles. The lowest BCUT2D eigenvalue weighted by atomic mass is 9.96. The first-order valence-corrected chi connectivity index (χ1v) is 6.89. The molecule has 18 heavy (non-hydrogen) atoms. The molecule has 1 aliphatic rings. The van der Waals surface area contributed by atoms with Crippen LogP contribution in [-0.2, 0) is 4.79 Å². The van der Waals surface area contributed by atoms with Gasteiger partial charge in [0.15, 0.2) is 0 Å². The Hall–Kier alpha value is -1.16. The molecule has 1 aliphatic carbocycles. The van der Waals surface area contributed by atoms with Gasteiger partial charge in [0.1, 0.15) is 17.3 Å². The van der Waals surface area contributed by atoms with Gasteiger partial charge in [-0.2, -0.15) is 0 Å². The third-order valence-electron chi connectivity index (χ3n) is 3.35. The number of halogens is 1. The maximum Gasteiger partial charge on any atom is 0.225 e. The van der Waals surface area contributed by atoms with E-state index < -0.39 is 0 Å².